The van der Waals surface area contributed by atoms with Crippen molar-refractivity contribution in [3.8, 4) is 0 Å². The predicted octanol–water partition coefficient (Wildman–Crippen LogP) is 2.56. The number of thiophene rings is 1. The normalized spacial score (nSPS) is 10.5. The van der Waals surface area contributed by atoms with Gasteiger partial charge in [-0.3, -0.25) is 24.3 Å². The average Bonchev–Trinajstić information content (AvgIpc) is 2.85. The minimum Gasteiger partial charge on any atom is -0.462 e. The van der Waals surface area contributed by atoms with E-state index in [4.69, 9.17) is 4.74 Å². The molecule has 2 aromatic rings. The van der Waals surface area contributed by atoms with Crippen LogP contribution in [0.1, 0.15) is 33.4 Å². The first-order valence-electron chi connectivity index (χ1n) is 8.09. The van der Waals surface area contributed by atoms with Gasteiger partial charge in [-0.1, -0.05) is 0 Å². The fourth-order valence-corrected chi connectivity index (χ4v) is 3.53. The van der Waals surface area contributed by atoms with E-state index in [9.17, 15) is 24.5 Å². The van der Waals surface area contributed by atoms with Gasteiger partial charge in [-0.2, -0.15) is 0 Å². The Morgan fingerprint density at radius 1 is 1.30 bits per heavy atom. The summed E-state index contributed by atoms with van der Waals surface area (Å²) in [5.74, 6) is -1.12. The molecule has 0 saturated heterocycles. The van der Waals surface area contributed by atoms with E-state index in [2.05, 4.69) is 5.32 Å². The minimum atomic E-state index is -0.862. The third kappa shape index (κ3) is 4.22. The number of aryl methyl sites for hydroxylation is 2. The number of aromatic nitrogens is 1. The van der Waals surface area contributed by atoms with Gasteiger partial charge in [0.05, 0.1) is 17.1 Å². The van der Waals surface area contributed by atoms with E-state index in [1.807, 2.05) is 6.92 Å². The molecule has 27 heavy (non-hydrogen) atoms. The van der Waals surface area contributed by atoms with Gasteiger partial charge in [0.1, 0.15) is 11.5 Å². The molecule has 0 saturated carbocycles. The number of carbonyl (C=O) groups is 2. The number of anilines is 1. The minimum absolute atomic E-state index is 0.197. The third-order valence-corrected chi connectivity index (χ3v) is 5.11. The number of esters is 1. The monoisotopic (exact) mass is 393 g/mol. The fourth-order valence-electron chi connectivity index (χ4n) is 2.47. The van der Waals surface area contributed by atoms with Crippen molar-refractivity contribution in [1.82, 2.24) is 4.57 Å². The lowest BCUT2D eigenvalue weighted by molar-refractivity contribution is -0.386. The molecule has 0 aliphatic rings. The van der Waals surface area contributed by atoms with Gasteiger partial charge in [-0.25, -0.2) is 4.79 Å². The highest BCUT2D eigenvalue weighted by atomic mass is 32.1. The Bertz CT molecular complexity index is 976. The summed E-state index contributed by atoms with van der Waals surface area (Å²) < 4.78 is 6.05. The van der Waals surface area contributed by atoms with E-state index in [1.165, 1.54) is 17.4 Å². The number of nitrogens with one attached hydrogen (secondary N) is 1. The first kappa shape index (κ1) is 20.3. The number of pyridine rings is 1. The number of carbonyl (C=O) groups excluding carboxylic acids is 2. The van der Waals surface area contributed by atoms with Crippen LogP contribution < -0.4 is 10.9 Å². The van der Waals surface area contributed by atoms with Gasteiger partial charge in [-0.05, 0) is 39.3 Å². The molecule has 1 amide bonds. The van der Waals surface area contributed by atoms with Crippen molar-refractivity contribution in [3.63, 3.8) is 0 Å². The molecule has 2 heterocycles. The van der Waals surface area contributed by atoms with E-state index in [1.54, 1.807) is 20.8 Å². The second-order valence-electron chi connectivity index (χ2n) is 5.76. The summed E-state index contributed by atoms with van der Waals surface area (Å²) >= 11 is 1.22. The molecule has 2 rings (SSSR count). The van der Waals surface area contributed by atoms with Gasteiger partial charge in [0.15, 0.2) is 0 Å². The van der Waals surface area contributed by atoms with Crippen molar-refractivity contribution < 1.29 is 19.2 Å². The standard InChI is InChI=1S/C17H19N3O6S/c1-5-26-17(23)14-10(3)11(4)27-15(14)18-13(21)8-19-9(2)6-7-12(16(19)22)20(24)25/h6-7H,5,8H2,1-4H3,(H,18,21). The van der Waals surface area contributed by atoms with Crippen LogP contribution >= 0.6 is 11.3 Å². The third-order valence-electron chi connectivity index (χ3n) is 3.99. The number of nitrogens with zero attached hydrogens (tertiary/aromatic N) is 2. The van der Waals surface area contributed by atoms with Crippen molar-refractivity contribution in [1.29, 1.82) is 0 Å². The van der Waals surface area contributed by atoms with Crippen molar-refractivity contribution in [2.75, 3.05) is 11.9 Å². The molecule has 0 aromatic carbocycles. The Balaban J connectivity index is 2.32. The highest BCUT2D eigenvalue weighted by molar-refractivity contribution is 7.16. The van der Waals surface area contributed by atoms with Crippen LogP contribution in [0.2, 0.25) is 0 Å². The highest BCUT2D eigenvalue weighted by Crippen LogP contribution is 2.33. The molecular formula is C17H19N3O6S. The van der Waals surface area contributed by atoms with E-state index >= 15 is 0 Å². The van der Waals surface area contributed by atoms with Crippen LogP contribution in [0.5, 0.6) is 0 Å². The number of nitro groups is 1. The second-order valence-corrected chi connectivity index (χ2v) is 6.99. The Kier molecular flexibility index (Phi) is 6.11. The topological polar surface area (TPSA) is 121 Å². The summed E-state index contributed by atoms with van der Waals surface area (Å²) in [4.78, 5) is 47.8. The first-order valence-corrected chi connectivity index (χ1v) is 8.90. The van der Waals surface area contributed by atoms with E-state index in [0.29, 0.717) is 16.3 Å². The highest BCUT2D eigenvalue weighted by Gasteiger charge is 2.23. The fraction of sp³-hybridized carbons (Fsp3) is 0.353. The maximum Gasteiger partial charge on any atom is 0.341 e. The molecule has 0 radical (unpaired) electrons. The largest absolute Gasteiger partial charge is 0.462 e. The summed E-state index contributed by atoms with van der Waals surface area (Å²) in [5.41, 5.74) is -0.0825. The van der Waals surface area contributed by atoms with E-state index in [0.717, 1.165) is 15.5 Å². The molecule has 0 unspecified atom stereocenters. The quantitative estimate of drug-likeness (QED) is 0.457. The SMILES string of the molecule is CCOC(=O)c1c(NC(=O)Cn2c(C)ccc([N+](=O)[O-])c2=O)sc(C)c1C. The number of rotatable bonds is 6. The molecule has 2 aromatic heterocycles. The molecule has 0 bridgehead atoms. The van der Waals surface area contributed by atoms with Gasteiger partial charge >= 0.3 is 17.2 Å². The molecule has 0 spiro atoms. The number of hydrogen-bond donors (Lipinski definition) is 1. The number of amides is 1. The smallest absolute Gasteiger partial charge is 0.341 e. The van der Waals surface area contributed by atoms with Gasteiger partial charge < -0.3 is 10.1 Å². The van der Waals surface area contributed by atoms with Crippen molar-refractivity contribution in [2.45, 2.75) is 34.2 Å². The molecule has 0 aliphatic heterocycles. The predicted molar refractivity (Wildman–Crippen MR) is 100 cm³/mol. The lowest BCUT2D eigenvalue weighted by Crippen LogP contribution is -2.30. The lowest BCUT2D eigenvalue weighted by atomic mass is 10.1. The Morgan fingerprint density at radius 2 is 1.96 bits per heavy atom. The maximum atomic E-state index is 12.4. The molecular weight excluding hydrogens is 374 g/mol. The van der Waals surface area contributed by atoms with Crippen LogP contribution in [0.4, 0.5) is 10.7 Å². The molecule has 144 valence electrons. The van der Waals surface area contributed by atoms with Gasteiger partial charge in [0.25, 0.3) is 0 Å². The van der Waals surface area contributed by atoms with Crippen molar-refractivity contribution in [3.05, 3.63) is 54.3 Å². The van der Waals surface area contributed by atoms with Crippen LogP contribution in [0.3, 0.4) is 0 Å². The molecule has 1 N–H and O–H groups in total. The van der Waals surface area contributed by atoms with E-state index < -0.39 is 34.6 Å². The number of hydrogen-bond acceptors (Lipinski definition) is 7. The maximum absolute atomic E-state index is 12.4. The molecule has 9 nitrogen and oxygen atoms in total. The van der Waals surface area contributed by atoms with Gasteiger partial charge in [-0.15, -0.1) is 11.3 Å². The summed E-state index contributed by atoms with van der Waals surface area (Å²) in [6, 6.07) is 2.51. The lowest BCUT2D eigenvalue weighted by Gasteiger charge is -2.10. The molecule has 0 fully saturated rings. The summed E-state index contributed by atoms with van der Waals surface area (Å²) in [6.07, 6.45) is 0. The molecule has 0 atom stereocenters. The summed E-state index contributed by atoms with van der Waals surface area (Å²) in [5, 5.41) is 13.9. The first-order chi connectivity index (χ1) is 12.7. The second kappa shape index (κ2) is 8.12. The van der Waals surface area contributed by atoms with Crippen LogP contribution in [0.15, 0.2) is 16.9 Å². The Hall–Kier alpha value is -3.01. The summed E-state index contributed by atoms with van der Waals surface area (Å²) in [7, 11) is 0. The van der Waals surface area contributed by atoms with Crippen LogP contribution in [-0.4, -0.2) is 28.0 Å². The van der Waals surface area contributed by atoms with Gasteiger partial charge in [0.2, 0.25) is 5.91 Å². The zero-order valence-electron chi connectivity index (χ0n) is 15.3. The Labute approximate surface area is 158 Å². The number of ether oxygens (including phenoxy) is 1. The average molecular weight is 393 g/mol. The van der Waals surface area contributed by atoms with Crippen molar-refractivity contribution in [2.24, 2.45) is 0 Å². The summed E-state index contributed by atoms with van der Waals surface area (Å²) in [6.45, 7) is 6.61. The van der Waals surface area contributed by atoms with Gasteiger partial charge in [0, 0.05) is 16.6 Å². The molecule has 0 aliphatic carbocycles. The van der Waals surface area contributed by atoms with E-state index in [-0.39, 0.29) is 12.2 Å². The zero-order chi connectivity index (χ0) is 20.3. The zero-order valence-corrected chi connectivity index (χ0v) is 16.1. The van der Waals surface area contributed by atoms with Crippen LogP contribution in [-0.2, 0) is 16.1 Å². The molecule has 10 heteroatoms. The van der Waals surface area contributed by atoms with Crippen LogP contribution in [0.25, 0.3) is 0 Å². The van der Waals surface area contributed by atoms with Crippen molar-refractivity contribution >= 4 is 33.9 Å². The van der Waals surface area contributed by atoms with Crippen LogP contribution in [0, 0.1) is 30.9 Å². The Morgan fingerprint density at radius 3 is 2.56 bits per heavy atom.